The third-order valence-corrected chi connectivity index (χ3v) is 16.5. The molecule has 0 aromatic rings. The quantitative estimate of drug-likeness (QED) is 0.0252. The zero-order valence-corrected chi connectivity index (χ0v) is 55.6. The lowest BCUT2D eigenvalue weighted by Crippen LogP contribution is -2.59. The number of nitrogens with zero attached hydrogens (tertiary/aromatic N) is 2. The van der Waals surface area contributed by atoms with Crippen molar-refractivity contribution in [3.8, 4) is 0 Å². The summed E-state index contributed by atoms with van der Waals surface area (Å²) in [5.74, 6) is -4.22. The molecule has 0 aromatic heterocycles. The lowest BCUT2D eigenvalue weighted by atomic mass is 9.99. The molecule has 4 aliphatic rings. The summed E-state index contributed by atoms with van der Waals surface area (Å²) in [5, 5.41) is 170. The fourth-order valence-electron chi connectivity index (χ4n) is 10.8. The van der Waals surface area contributed by atoms with Gasteiger partial charge in [-0.05, 0) is 58.4 Å². The molecule has 40 nitrogen and oxygen atoms in total. The molecule has 4 aliphatic heterocycles. The van der Waals surface area contributed by atoms with E-state index in [0.29, 0.717) is 38.8 Å². The van der Waals surface area contributed by atoms with Crippen LogP contribution in [0.5, 0.6) is 0 Å². The Balaban J connectivity index is 1.40. The third-order valence-electron chi connectivity index (χ3n) is 16.5. The van der Waals surface area contributed by atoms with E-state index in [9.17, 15) is 110 Å². The van der Waals surface area contributed by atoms with E-state index in [0.717, 1.165) is 12.8 Å². The number of hydrogen-bond donors (Lipinski definition) is 23. The fraction of sp³-hybridized carbons (Fsp3) is 0.881. The van der Waals surface area contributed by atoms with Crippen LogP contribution in [-0.2, 0) is 71.5 Å². The number of aliphatic hydroxyl groups excluding tert-OH is 15. The maximum absolute atomic E-state index is 14.3. The number of nitrogens with one attached hydrogen (secondary N) is 7. The van der Waals surface area contributed by atoms with Gasteiger partial charge >= 0.3 is 0 Å². The maximum atomic E-state index is 14.3. The van der Waals surface area contributed by atoms with Crippen molar-refractivity contribution in [3.63, 3.8) is 0 Å². The van der Waals surface area contributed by atoms with Crippen LogP contribution in [0, 0.1) is 0 Å². The number of aliphatic hydroxyl groups is 15. The highest BCUT2D eigenvalue weighted by Crippen LogP contribution is 2.25. The molecule has 0 bridgehead atoms. The number of carbonyl (C=O) groups is 7. The predicted octanol–water partition coefficient (Wildman–Crippen LogP) is -13.1. The molecule has 40 heteroatoms. The van der Waals surface area contributed by atoms with E-state index >= 15 is 0 Å². The molecule has 24 N–H and O–H groups in total. The number of ether oxygens (including phenoxy) is 8. The van der Waals surface area contributed by atoms with Gasteiger partial charge in [0.25, 0.3) is 0 Å². The standard InChI is InChI=1S/C59H108N10O30/c1-32-43(79)47(83)51(87)56(96-32)92-20-16-64-37(73)11-4-2-7-13-61-38(74)24-68(25-39(75)62-14-8-3-6-12-60)26-40(76)63-15-9-5-10-33(55(91)67-19-23-95-59-54(90)50(86)46(82)36(31-72)99-59)69(27-41(77)65-17-21-93-57-52(88)48(84)44(80)34(29-70)97-57)28-42(78)66-18-22-94-58-53(89)49(85)45(81)35(30-71)98-58/h32-36,43-54,56-59,70-72,79-90H,2-31,60H2,1H3,(H,61,74)(H,62,75)(H,63,76)(H,64,73)(H,65,77)(H,66,78)(H,67,91)/t32-,33-,34+,35+,36+,43+,44+,45+,46+,47+,48-,49-,50-,51-,52-,53-,54-,56+,57-,58-,59-/m0/s1. The van der Waals surface area contributed by atoms with Crippen LogP contribution in [0.1, 0.15) is 71.1 Å². The normalized spacial score (nSPS) is 30.5. The Morgan fingerprint density at radius 3 is 1.08 bits per heavy atom. The van der Waals surface area contributed by atoms with Crippen molar-refractivity contribution >= 4 is 41.4 Å². The highest BCUT2D eigenvalue weighted by molar-refractivity contribution is 5.86. The van der Waals surface area contributed by atoms with Crippen molar-refractivity contribution in [3.05, 3.63) is 0 Å². The first-order chi connectivity index (χ1) is 47.3. The zero-order chi connectivity index (χ0) is 73.1. The molecule has 7 amide bonds. The van der Waals surface area contributed by atoms with Crippen LogP contribution in [0.2, 0.25) is 0 Å². The molecule has 4 fully saturated rings. The largest absolute Gasteiger partial charge is 0.394 e. The summed E-state index contributed by atoms with van der Waals surface area (Å²) in [6.45, 7) is -4.26. The summed E-state index contributed by atoms with van der Waals surface area (Å²) in [6.07, 6.45) is -26.5. The highest BCUT2D eigenvalue weighted by atomic mass is 16.7. The van der Waals surface area contributed by atoms with Gasteiger partial charge in [0.2, 0.25) is 41.4 Å². The Labute approximate surface area is 572 Å². The molecule has 21 atom stereocenters. The van der Waals surface area contributed by atoms with Crippen LogP contribution in [0.15, 0.2) is 0 Å². The van der Waals surface area contributed by atoms with Crippen LogP contribution < -0.4 is 43.0 Å². The number of rotatable bonds is 47. The van der Waals surface area contributed by atoms with E-state index in [1.807, 2.05) is 0 Å². The Kier molecular flexibility index (Phi) is 40.9. The van der Waals surface area contributed by atoms with Gasteiger partial charge in [-0.1, -0.05) is 12.8 Å². The molecule has 0 aliphatic carbocycles. The summed E-state index contributed by atoms with van der Waals surface area (Å²) in [6, 6.07) is -1.36. The Morgan fingerprint density at radius 1 is 0.374 bits per heavy atom. The van der Waals surface area contributed by atoms with Gasteiger partial charge in [0, 0.05) is 52.2 Å². The Hall–Kier alpha value is -4.75. The Morgan fingerprint density at radius 2 is 0.697 bits per heavy atom. The van der Waals surface area contributed by atoms with E-state index in [1.54, 1.807) is 0 Å². The van der Waals surface area contributed by atoms with Gasteiger partial charge in [-0.3, -0.25) is 43.4 Å². The molecule has 0 radical (unpaired) electrons. The minimum Gasteiger partial charge on any atom is -0.394 e. The maximum Gasteiger partial charge on any atom is 0.237 e. The van der Waals surface area contributed by atoms with Crippen molar-refractivity contribution in [1.82, 2.24) is 47.0 Å². The van der Waals surface area contributed by atoms with E-state index in [-0.39, 0.29) is 104 Å². The van der Waals surface area contributed by atoms with Gasteiger partial charge in [-0.25, -0.2) is 0 Å². The second kappa shape index (κ2) is 46.8. The molecule has 574 valence electrons. The van der Waals surface area contributed by atoms with Crippen molar-refractivity contribution in [2.24, 2.45) is 5.73 Å². The lowest BCUT2D eigenvalue weighted by Gasteiger charge is -2.39. The van der Waals surface area contributed by atoms with Gasteiger partial charge in [-0.2, -0.15) is 0 Å². The number of carbonyl (C=O) groups excluding carboxylic acids is 7. The smallest absolute Gasteiger partial charge is 0.237 e. The zero-order valence-electron chi connectivity index (χ0n) is 55.6. The van der Waals surface area contributed by atoms with Crippen LogP contribution in [0.4, 0.5) is 0 Å². The van der Waals surface area contributed by atoms with E-state index < -0.39 is 210 Å². The van der Waals surface area contributed by atoms with Crippen molar-refractivity contribution in [2.45, 2.75) is 200 Å². The topological polar surface area (TPSA) is 613 Å². The average molecular weight is 1440 g/mol. The lowest BCUT2D eigenvalue weighted by molar-refractivity contribution is -0.300. The monoisotopic (exact) mass is 1440 g/mol. The predicted molar refractivity (Wildman–Crippen MR) is 336 cm³/mol. The molecule has 4 saturated heterocycles. The Bertz CT molecular complexity index is 2310. The van der Waals surface area contributed by atoms with Crippen LogP contribution in [0.25, 0.3) is 0 Å². The molecule has 0 aromatic carbocycles. The van der Waals surface area contributed by atoms with Crippen molar-refractivity contribution in [1.29, 1.82) is 0 Å². The average Bonchev–Trinajstić information content (AvgIpc) is 0.846. The molecule has 4 heterocycles. The summed E-state index contributed by atoms with van der Waals surface area (Å²) < 4.78 is 43.4. The van der Waals surface area contributed by atoms with Crippen LogP contribution in [0.3, 0.4) is 0 Å². The number of hydrogen-bond acceptors (Lipinski definition) is 33. The van der Waals surface area contributed by atoms with Gasteiger partial charge in [-0.15, -0.1) is 0 Å². The first-order valence-corrected chi connectivity index (χ1v) is 33.4. The molecule has 0 saturated carbocycles. The summed E-state index contributed by atoms with van der Waals surface area (Å²) in [4.78, 5) is 96.6. The molecule has 0 spiro atoms. The summed E-state index contributed by atoms with van der Waals surface area (Å²) in [5.41, 5.74) is 5.59. The molecule has 0 unspecified atom stereocenters. The van der Waals surface area contributed by atoms with Gasteiger partial charge in [0.05, 0.1) is 91.1 Å². The van der Waals surface area contributed by atoms with Gasteiger partial charge in [0.15, 0.2) is 25.2 Å². The minimum atomic E-state index is -1.78. The van der Waals surface area contributed by atoms with E-state index in [2.05, 4.69) is 37.2 Å². The molecule has 99 heavy (non-hydrogen) atoms. The molecular formula is C59H108N10O30. The van der Waals surface area contributed by atoms with E-state index in [1.165, 1.54) is 16.7 Å². The highest BCUT2D eigenvalue weighted by Gasteiger charge is 2.47. The van der Waals surface area contributed by atoms with Gasteiger partial charge < -0.3 is 157 Å². The van der Waals surface area contributed by atoms with Gasteiger partial charge in [0.1, 0.15) is 91.6 Å². The van der Waals surface area contributed by atoms with Crippen LogP contribution >= 0.6 is 0 Å². The second-order valence-electron chi connectivity index (χ2n) is 24.4. The number of unbranched alkanes of at least 4 members (excludes halogenated alkanes) is 5. The first kappa shape index (κ1) is 86.7. The van der Waals surface area contributed by atoms with E-state index in [4.69, 9.17) is 43.6 Å². The van der Waals surface area contributed by atoms with Crippen LogP contribution in [-0.4, -0.2) is 388 Å². The first-order valence-electron chi connectivity index (χ1n) is 33.4. The summed E-state index contributed by atoms with van der Waals surface area (Å²) >= 11 is 0. The number of amides is 7. The third kappa shape index (κ3) is 29.9. The second-order valence-corrected chi connectivity index (χ2v) is 24.4. The molecular weight excluding hydrogens is 1330 g/mol. The fourth-order valence-corrected chi connectivity index (χ4v) is 10.8. The SMILES string of the molecule is C[C@@H]1O[C@@H](OCCNC(=O)CCCCCNC(=O)CN(CC(=O)NCCCCCN)CC(=O)NCCCC[C@@H](C(=O)NCCO[C@H]2O[C@H](CO)[C@@H](O)[C@H](O)[C@@H]2O)N(CC(=O)NCCO[C@H]2O[C@H](CO)[C@@H](O)[C@H](O)[C@@H]2O)CC(=O)NCCO[C@H]2O[C@H](CO)[C@@H](O)[C@H](O)[C@@H]2O)[C@@H](O)[C@H](O)[C@@H]1O. The van der Waals surface area contributed by atoms with Crippen molar-refractivity contribution < 1.29 is 148 Å². The minimum absolute atomic E-state index is 0.0289. The number of nitrogens with two attached hydrogens (primary N) is 1. The summed E-state index contributed by atoms with van der Waals surface area (Å²) in [7, 11) is 0. The molecule has 4 rings (SSSR count). The van der Waals surface area contributed by atoms with Crippen molar-refractivity contribution in [2.75, 3.05) is 131 Å².